The molecule has 2 aliphatic rings. The maximum Gasteiger partial charge on any atom is 0.274 e. The Balaban J connectivity index is 1.40. The molecular formula is C26H26N10O. The van der Waals surface area contributed by atoms with Gasteiger partial charge in [0.05, 0.1) is 28.9 Å². The van der Waals surface area contributed by atoms with E-state index in [4.69, 9.17) is 4.98 Å². The Morgan fingerprint density at radius 3 is 2.65 bits per heavy atom. The maximum absolute atomic E-state index is 13.2. The molecule has 2 fully saturated rings. The van der Waals surface area contributed by atoms with E-state index in [1.165, 1.54) is 6.20 Å². The molecule has 0 unspecified atom stereocenters. The highest BCUT2D eigenvalue weighted by Gasteiger charge is 2.36. The predicted octanol–water partition coefficient (Wildman–Crippen LogP) is 2.43. The van der Waals surface area contributed by atoms with Crippen LogP contribution >= 0.6 is 0 Å². The fourth-order valence-corrected chi connectivity index (χ4v) is 5.10. The molecule has 11 heteroatoms. The number of anilines is 2. The summed E-state index contributed by atoms with van der Waals surface area (Å²) < 4.78 is 1.94. The Labute approximate surface area is 214 Å². The summed E-state index contributed by atoms with van der Waals surface area (Å²) in [5.41, 5.74) is 2.69. The highest BCUT2D eigenvalue weighted by molar-refractivity contribution is 6.01. The number of piperazine rings is 1. The Hall–Kier alpha value is -4.59. The van der Waals surface area contributed by atoms with Crippen LogP contribution < -0.4 is 9.80 Å². The van der Waals surface area contributed by atoms with Gasteiger partial charge in [0.15, 0.2) is 5.65 Å². The summed E-state index contributed by atoms with van der Waals surface area (Å²) in [5.74, 6) is 1.37. The van der Waals surface area contributed by atoms with E-state index >= 15 is 0 Å². The van der Waals surface area contributed by atoms with Crippen LogP contribution in [-0.4, -0.2) is 78.6 Å². The molecule has 4 aromatic rings. The summed E-state index contributed by atoms with van der Waals surface area (Å²) >= 11 is 0. The van der Waals surface area contributed by atoms with E-state index in [9.17, 15) is 10.1 Å². The van der Waals surface area contributed by atoms with Gasteiger partial charge in [0.25, 0.3) is 5.91 Å². The van der Waals surface area contributed by atoms with Gasteiger partial charge in [-0.15, -0.1) is 0 Å². The largest absolute Gasteiger partial charge is 0.369 e. The number of carbonyl (C=O) groups is 1. The smallest absolute Gasteiger partial charge is 0.274 e. The highest BCUT2D eigenvalue weighted by Crippen LogP contribution is 2.39. The quantitative estimate of drug-likeness (QED) is 0.421. The Morgan fingerprint density at radius 1 is 1.05 bits per heavy atom. The molecule has 0 radical (unpaired) electrons. The lowest BCUT2D eigenvalue weighted by Crippen LogP contribution is -2.58. The first-order valence-electron chi connectivity index (χ1n) is 12.4. The first-order chi connectivity index (χ1) is 18.0. The van der Waals surface area contributed by atoms with Crippen LogP contribution in [0.4, 0.5) is 11.5 Å². The molecule has 0 aromatic carbocycles. The summed E-state index contributed by atoms with van der Waals surface area (Å²) in [7, 11) is 0. The van der Waals surface area contributed by atoms with Gasteiger partial charge in [0.1, 0.15) is 23.7 Å². The van der Waals surface area contributed by atoms with E-state index in [2.05, 4.69) is 42.7 Å². The number of nitriles is 1. The second kappa shape index (κ2) is 9.13. The van der Waals surface area contributed by atoms with Gasteiger partial charge < -0.3 is 14.7 Å². The zero-order chi connectivity index (χ0) is 25.5. The van der Waals surface area contributed by atoms with Gasteiger partial charge in [0, 0.05) is 63.1 Å². The standard InChI is InChI=1S/C26H26N10O/c1-17-14-35(26(37)20-12-28-6-7-29-20)18(2)13-34(17)24-23-21(33-8-3-9-33)15-36(25(23)32-16-31-24)22-10-19(11-27)4-5-30-22/h4-7,10,12,15-18H,3,8-9,13-14H2,1-2H3/t17-,18+/m0/s1. The van der Waals surface area contributed by atoms with E-state index in [-0.39, 0.29) is 18.0 Å². The normalized spacial score (nSPS) is 19.5. The van der Waals surface area contributed by atoms with E-state index in [1.807, 2.05) is 22.6 Å². The minimum atomic E-state index is -0.115. The van der Waals surface area contributed by atoms with Crippen LogP contribution in [-0.2, 0) is 0 Å². The lowest BCUT2D eigenvalue weighted by atomic mass is 10.1. The minimum Gasteiger partial charge on any atom is -0.369 e. The Kier molecular flexibility index (Phi) is 5.64. The van der Waals surface area contributed by atoms with Crippen LogP contribution in [0.15, 0.2) is 49.4 Å². The van der Waals surface area contributed by atoms with Crippen molar-refractivity contribution in [1.29, 1.82) is 5.26 Å². The SMILES string of the molecule is C[C@@H]1CN(c2ncnc3c2c(N2CCC2)cn3-c2cc(C#N)ccn2)[C@@H](C)CN1C(=O)c1cnccn1. The van der Waals surface area contributed by atoms with Gasteiger partial charge >= 0.3 is 0 Å². The van der Waals surface area contributed by atoms with Gasteiger partial charge in [0.2, 0.25) is 0 Å². The predicted molar refractivity (Wildman–Crippen MR) is 138 cm³/mol. The topological polar surface area (TPSA) is 120 Å². The van der Waals surface area contributed by atoms with Crippen molar-refractivity contribution in [2.45, 2.75) is 32.4 Å². The minimum absolute atomic E-state index is 0.0163. The number of aromatic nitrogens is 6. The van der Waals surface area contributed by atoms with Crippen molar-refractivity contribution >= 4 is 28.4 Å². The van der Waals surface area contributed by atoms with E-state index in [0.29, 0.717) is 30.2 Å². The zero-order valence-electron chi connectivity index (χ0n) is 20.7. The third kappa shape index (κ3) is 3.91. The van der Waals surface area contributed by atoms with Gasteiger partial charge in [-0.25, -0.2) is 19.9 Å². The molecular weight excluding hydrogens is 468 g/mol. The number of hydrogen-bond acceptors (Lipinski definition) is 9. The fourth-order valence-electron chi connectivity index (χ4n) is 5.10. The van der Waals surface area contributed by atoms with Crippen molar-refractivity contribution in [2.24, 2.45) is 0 Å². The van der Waals surface area contributed by atoms with E-state index in [1.54, 1.807) is 37.1 Å². The van der Waals surface area contributed by atoms with Crippen LogP contribution in [0.5, 0.6) is 0 Å². The van der Waals surface area contributed by atoms with Crippen LogP contribution in [0.3, 0.4) is 0 Å². The molecule has 186 valence electrons. The number of carbonyl (C=O) groups excluding carboxylic acids is 1. The molecule has 37 heavy (non-hydrogen) atoms. The molecule has 6 heterocycles. The van der Waals surface area contributed by atoms with Gasteiger partial charge in [-0.3, -0.25) is 14.3 Å². The average Bonchev–Trinajstić information content (AvgIpc) is 3.28. The summed E-state index contributed by atoms with van der Waals surface area (Å²) in [5, 5.41) is 10.4. The molecule has 6 rings (SSSR count). The first kappa shape index (κ1) is 22.8. The molecule has 1 amide bonds. The van der Waals surface area contributed by atoms with E-state index in [0.717, 1.165) is 42.0 Å². The van der Waals surface area contributed by atoms with Crippen LogP contribution in [0.1, 0.15) is 36.3 Å². The second-order valence-electron chi connectivity index (χ2n) is 9.53. The molecule has 0 N–H and O–H groups in total. The molecule has 0 bridgehead atoms. The van der Waals surface area contributed by atoms with Crippen molar-refractivity contribution in [3.63, 3.8) is 0 Å². The molecule has 2 saturated heterocycles. The summed E-state index contributed by atoms with van der Waals surface area (Å²) in [6, 6.07) is 5.61. The van der Waals surface area contributed by atoms with Crippen molar-refractivity contribution in [3.8, 4) is 11.9 Å². The zero-order valence-corrected chi connectivity index (χ0v) is 20.7. The average molecular weight is 495 g/mol. The molecule has 0 saturated carbocycles. The molecule has 4 aromatic heterocycles. The number of fused-ring (bicyclic) bond motifs is 1. The maximum atomic E-state index is 13.2. The Bertz CT molecular complexity index is 1510. The monoisotopic (exact) mass is 494 g/mol. The molecule has 2 atom stereocenters. The van der Waals surface area contributed by atoms with Crippen LogP contribution in [0.25, 0.3) is 16.9 Å². The number of amides is 1. The molecule has 0 aliphatic carbocycles. The van der Waals surface area contributed by atoms with Crippen molar-refractivity contribution in [1.82, 2.24) is 34.4 Å². The van der Waals surface area contributed by atoms with Gasteiger partial charge in [-0.2, -0.15) is 5.26 Å². The lowest BCUT2D eigenvalue weighted by Gasteiger charge is -2.45. The summed E-state index contributed by atoms with van der Waals surface area (Å²) in [6.07, 6.45) is 11.0. The molecule has 2 aliphatic heterocycles. The Morgan fingerprint density at radius 2 is 1.92 bits per heavy atom. The summed E-state index contributed by atoms with van der Waals surface area (Å²) in [6.45, 7) is 7.23. The number of hydrogen-bond donors (Lipinski definition) is 0. The first-order valence-corrected chi connectivity index (χ1v) is 12.4. The number of rotatable bonds is 4. The third-order valence-corrected chi connectivity index (χ3v) is 7.16. The number of pyridine rings is 1. The van der Waals surface area contributed by atoms with Crippen molar-refractivity contribution < 1.29 is 4.79 Å². The number of nitrogens with zero attached hydrogens (tertiary/aromatic N) is 10. The van der Waals surface area contributed by atoms with Crippen molar-refractivity contribution in [2.75, 3.05) is 36.0 Å². The van der Waals surface area contributed by atoms with Crippen LogP contribution in [0.2, 0.25) is 0 Å². The molecule has 11 nitrogen and oxygen atoms in total. The molecule has 0 spiro atoms. The summed E-state index contributed by atoms with van der Waals surface area (Å²) in [4.78, 5) is 41.8. The third-order valence-electron chi connectivity index (χ3n) is 7.16. The van der Waals surface area contributed by atoms with Crippen LogP contribution in [0, 0.1) is 11.3 Å². The van der Waals surface area contributed by atoms with Gasteiger partial charge in [-0.1, -0.05) is 0 Å². The fraction of sp³-hybridized carbons (Fsp3) is 0.346. The highest BCUT2D eigenvalue weighted by atomic mass is 16.2. The van der Waals surface area contributed by atoms with E-state index < -0.39 is 0 Å². The van der Waals surface area contributed by atoms with Gasteiger partial charge in [-0.05, 0) is 32.4 Å². The van der Waals surface area contributed by atoms with Crippen molar-refractivity contribution in [3.05, 3.63) is 60.7 Å². The lowest BCUT2D eigenvalue weighted by molar-refractivity contribution is 0.0637. The second-order valence-corrected chi connectivity index (χ2v) is 9.53.